The summed E-state index contributed by atoms with van der Waals surface area (Å²) in [5.41, 5.74) is 3.22. The Bertz CT molecular complexity index is 700. The molecule has 0 aliphatic heterocycles. The minimum absolute atomic E-state index is 0.125. The minimum Gasteiger partial charge on any atom is -0.372 e. The topological polar surface area (TPSA) is 57.3 Å². The maximum absolute atomic E-state index is 12.3. The number of carbonyl (C=O) groups excluding carboxylic acids is 1. The van der Waals surface area contributed by atoms with Crippen molar-refractivity contribution in [3.63, 3.8) is 0 Å². The molecule has 5 heteroatoms. The minimum atomic E-state index is -0.277. The van der Waals surface area contributed by atoms with Crippen molar-refractivity contribution in [1.29, 1.82) is 0 Å². The number of nitrogens with zero attached hydrogens (tertiary/aromatic N) is 2. The van der Waals surface area contributed by atoms with Gasteiger partial charge in [-0.25, -0.2) is 0 Å². The summed E-state index contributed by atoms with van der Waals surface area (Å²) >= 11 is 0. The van der Waals surface area contributed by atoms with Gasteiger partial charge in [0.25, 0.3) is 5.91 Å². The zero-order valence-electron chi connectivity index (χ0n) is 15.8. The van der Waals surface area contributed by atoms with E-state index in [-0.39, 0.29) is 11.4 Å². The summed E-state index contributed by atoms with van der Waals surface area (Å²) < 4.78 is 0. The van der Waals surface area contributed by atoms with Crippen LogP contribution in [0.2, 0.25) is 0 Å². The van der Waals surface area contributed by atoms with Gasteiger partial charge in [-0.3, -0.25) is 9.78 Å². The predicted molar refractivity (Wildman–Crippen MR) is 105 cm³/mol. The van der Waals surface area contributed by atoms with Crippen LogP contribution in [0.15, 0.2) is 42.7 Å². The Hall–Kier alpha value is -2.56. The summed E-state index contributed by atoms with van der Waals surface area (Å²) in [7, 11) is 0. The van der Waals surface area contributed by atoms with Crippen molar-refractivity contribution in [2.24, 2.45) is 0 Å². The molecular weight excluding hydrogens is 312 g/mol. The lowest BCUT2D eigenvalue weighted by Crippen LogP contribution is -2.40. The summed E-state index contributed by atoms with van der Waals surface area (Å²) in [6.07, 6.45) is 3.29. The van der Waals surface area contributed by atoms with Crippen LogP contribution < -0.4 is 15.5 Å². The molecule has 0 spiro atoms. The number of nitrogens with one attached hydrogen (secondary N) is 2. The molecule has 0 unspecified atom stereocenters. The van der Waals surface area contributed by atoms with Gasteiger partial charge in [0.15, 0.2) is 0 Å². The van der Waals surface area contributed by atoms with Crippen LogP contribution in [-0.4, -0.2) is 29.5 Å². The molecule has 0 aliphatic rings. The van der Waals surface area contributed by atoms with Crippen LogP contribution in [0, 0.1) is 0 Å². The van der Waals surface area contributed by atoms with Crippen molar-refractivity contribution in [2.75, 3.05) is 23.3 Å². The quantitative estimate of drug-likeness (QED) is 0.827. The van der Waals surface area contributed by atoms with Crippen molar-refractivity contribution in [1.82, 2.24) is 10.3 Å². The third kappa shape index (κ3) is 5.48. The molecule has 25 heavy (non-hydrogen) atoms. The normalized spacial score (nSPS) is 11.1. The van der Waals surface area contributed by atoms with Gasteiger partial charge in [-0.1, -0.05) is 0 Å². The van der Waals surface area contributed by atoms with E-state index in [1.807, 2.05) is 39.0 Å². The number of carbonyl (C=O) groups is 1. The Morgan fingerprint density at radius 3 is 2.24 bits per heavy atom. The Kier molecular flexibility index (Phi) is 6.02. The molecule has 0 bridgehead atoms. The van der Waals surface area contributed by atoms with E-state index in [0.29, 0.717) is 5.56 Å². The SMILES string of the molecule is CCN(CC)c1ccc(Nc2cncc(C(=O)NC(C)(C)C)c2)cc1. The molecule has 5 nitrogen and oxygen atoms in total. The molecule has 0 saturated carbocycles. The van der Waals surface area contributed by atoms with Crippen molar-refractivity contribution in [2.45, 2.75) is 40.2 Å². The van der Waals surface area contributed by atoms with E-state index in [9.17, 15) is 4.79 Å². The van der Waals surface area contributed by atoms with Crippen LogP contribution >= 0.6 is 0 Å². The van der Waals surface area contributed by atoms with Crippen molar-refractivity contribution < 1.29 is 4.79 Å². The Labute approximate surface area is 150 Å². The van der Waals surface area contributed by atoms with Crippen LogP contribution in [-0.2, 0) is 0 Å². The van der Waals surface area contributed by atoms with Gasteiger partial charge in [0.05, 0.1) is 17.4 Å². The van der Waals surface area contributed by atoms with Crippen molar-refractivity contribution in [3.05, 3.63) is 48.3 Å². The first-order valence-electron chi connectivity index (χ1n) is 8.72. The summed E-state index contributed by atoms with van der Waals surface area (Å²) in [6.45, 7) is 12.1. The van der Waals surface area contributed by atoms with E-state index in [2.05, 4.69) is 46.5 Å². The van der Waals surface area contributed by atoms with Crippen LogP contribution in [0.3, 0.4) is 0 Å². The highest BCUT2D eigenvalue weighted by Gasteiger charge is 2.15. The molecule has 2 rings (SSSR count). The fraction of sp³-hybridized carbons (Fsp3) is 0.400. The lowest BCUT2D eigenvalue weighted by molar-refractivity contribution is 0.0919. The molecular formula is C20H28N4O. The number of benzene rings is 1. The molecule has 0 saturated heterocycles. The molecule has 1 amide bonds. The second-order valence-electron chi connectivity index (χ2n) is 7.01. The highest BCUT2D eigenvalue weighted by Crippen LogP contribution is 2.21. The van der Waals surface area contributed by atoms with E-state index in [1.165, 1.54) is 5.69 Å². The summed E-state index contributed by atoms with van der Waals surface area (Å²) in [5, 5.41) is 6.25. The fourth-order valence-corrected chi connectivity index (χ4v) is 2.56. The Morgan fingerprint density at radius 1 is 1.04 bits per heavy atom. The van der Waals surface area contributed by atoms with Gasteiger partial charge in [0, 0.05) is 36.2 Å². The molecule has 0 aliphatic carbocycles. The molecule has 0 atom stereocenters. The number of pyridine rings is 1. The van der Waals surface area contributed by atoms with Crippen LogP contribution in [0.25, 0.3) is 0 Å². The van der Waals surface area contributed by atoms with E-state index in [1.54, 1.807) is 12.4 Å². The Balaban J connectivity index is 2.10. The number of amides is 1. The van der Waals surface area contributed by atoms with Gasteiger partial charge < -0.3 is 15.5 Å². The summed E-state index contributed by atoms with van der Waals surface area (Å²) in [4.78, 5) is 18.7. The van der Waals surface area contributed by atoms with Gasteiger partial charge in [0.1, 0.15) is 0 Å². The lowest BCUT2D eigenvalue weighted by Gasteiger charge is -2.21. The summed E-state index contributed by atoms with van der Waals surface area (Å²) in [5.74, 6) is -0.125. The van der Waals surface area contributed by atoms with Crippen LogP contribution in [0.4, 0.5) is 17.1 Å². The summed E-state index contributed by atoms with van der Waals surface area (Å²) in [6, 6.07) is 10.1. The lowest BCUT2D eigenvalue weighted by atomic mass is 10.1. The fourth-order valence-electron chi connectivity index (χ4n) is 2.56. The Morgan fingerprint density at radius 2 is 1.68 bits per heavy atom. The first-order valence-corrected chi connectivity index (χ1v) is 8.72. The third-order valence-corrected chi connectivity index (χ3v) is 3.77. The smallest absolute Gasteiger partial charge is 0.253 e. The average molecular weight is 340 g/mol. The van der Waals surface area contributed by atoms with E-state index in [4.69, 9.17) is 0 Å². The molecule has 1 heterocycles. The van der Waals surface area contributed by atoms with E-state index >= 15 is 0 Å². The van der Waals surface area contributed by atoms with Gasteiger partial charge in [-0.2, -0.15) is 0 Å². The number of aromatic nitrogens is 1. The van der Waals surface area contributed by atoms with Gasteiger partial charge in [0.2, 0.25) is 0 Å². The molecule has 0 radical (unpaired) electrons. The maximum Gasteiger partial charge on any atom is 0.253 e. The zero-order chi connectivity index (χ0) is 18.4. The van der Waals surface area contributed by atoms with Crippen LogP contribution in [0.5, 0.6) is 0 Å². The second-order valence-corrected chi connectivity index (χ2v) is 7.01. The van der Waals surface area contributed by atoms with Crippen molar-refractivity contribution in [3.8, 4) is 0 Å². The molecule has 2 N–H and O–H groups in total. The number of anilines is 3. The van der Waals surface area contributed by atoms with Gasteiger partial charge >= 0.3 is 0 Å². The molecule has 134 valence electrons. The number of hydrogen-bond acceptors (Lipinski definition) is 4. The first kappa shape index (κ1) is 18.8. The number of hydrogen-bond donors (Lipinski definition) is 2. The van der Waals surface area contributed by atoms with Crippen molar-refractivity contribution >= 4 is 23.0 Å². The zero-order valence-corrected chi connectivity index (χ0v) is 15.8. The van der Waals surface area contributed by atoms with Crippen LogP contribution in [0.1, 0.15) is 45.0 Å². The standard InChI is InChI=1S/C20H28N4O/c1-6-24(7-2)18-10-8-16(9-11-18)22-17-12-15(13-21-14-17)19(25)23-20(3,4)5/h8-14,22H,6-7H2,1-5H3,(H,23,25). The largest absolute Gasteiger partial charge is 0.372 e. The molecule has 2 aromatic rings. The van der Waals surface area contributed by atoms with E-state index < -0.39 is 0 Å². The molecule has 0 fully saturated rings. The predicted octanol–water partition coefficient (Wildman–Crippen LogP) is 4.20. The first-order chi connectivity index (χ1) is 11.8. The third-order valence-electron chi connectivity index (χ3n) is 3.77. The van der Waals surface area contributed by atoms with Gasteiger partial charge in [-0.15, -0.1) is 0 Å². The second kappa shape index (κ2) is 8.01. The maximum atomic E-state index is 12.3. The average Bonchev–Trinajstić information content (AvgIpc) is 2.56. The molecule has 1 aromatic heterocycles. The number of rotatable bonds is 6. The van der Waals surface area contributed by atoms with E-state index in [0.717, 1.165) is 24.5 Å². The molecule has 1 aromatic carbocycles. The highest BCUT2D eigenvalue weighted by molar-refractivity contribution is 5.95. The highest BCUT2D eigenvalue weighted by atomic mass is 16.1. The monoisotopic (exact) mass is 340 g/mol. The van der Waals surface area contributed by atoms with Gasteiger partial charge in [-0.05, 0) is 65.0 Å².